The van der Waals surface area contributed by atoms with E-state index in [1.165, 1.54) is 24.3 Å². The van der Waals surface area contributed by atoms with Gasteiger partial charge in [-0.2, -0.15) is 0 Å². The van der Waals surface area contributed by atoms with Gasteiger partial charge >= 0.3 is 0 Å². The number of imide groups is 1. The SMILES string of the molecule is Cc1ccc(/C=C2\SC(=O)N(CC(=O)Nc3ccccc3F)C2=O)o1. The van der Waals surface area contributed by atoms with Crippen molar-refractivity contribution in [3.63, 3.8) is 0 Å². The third kappa shape index (κ3) is 3.80. The smallest absolute Gasteiger partial charge is 0.294 e. The maximum absolute atomic E-state index is 13.5. The fourth-order valence-corrected chi connectivity index (χ4v) is 3.01. The van der Waals surface area contributed by atoms with Crippen LogP contribution in [0.25, 0.3) is 6.08 Å². The van der Waals surface area contributed by atoms with Gasteiger partial charge < -0.3 is 9.73 Å². The van der Waals surface area contributed by atoms with Gasteiger partial charge in [0.05, 0.1) is 10.6 Å². The molecule has 8 heteroatoms. The third-order valence-electron chi connectivity index (χ3n) is 3.36. The van der Waals surface area contributed by atoms with Crippen LogP contribution >= 0.6 is 11.8 Å². The highest BCUT2D eigenvalue weighted by Gasteiger charge is 2.36. The van der Waals surface area contributed by atoms with Gasteiger partial charge in [-0.1, -0.05) is 12.1 Å². The van der Waals surface area contributed by atoms with E-state index < -0.39 is 29.4 Å². The fraction of sp³-hybridized carbons (Fsp3) is 0.118. The molecule has 1 N–H and O–H groups in total. The number of para-hydroxylation sites is 1. The van der Waals surface area contributed by atoms with E-state index in [-0.39, 0.29) is 10.6 Å². The maximum atomic E-state index is 13.5. The fourth-order valence-electron chi connectivity index (χ4n) is 2.19. The minimum atomic E-state index is -0.664. The molecule has 128 valence electrons. The first kappa shape index (κ1) is 17.0. The van der Waals surface area contributed by atoms with Gasteiger partial charge in [-0.3, -0.25) is 19.3 Å². The molecule has 1 aromatic carbocycles. The number of amides is 3. The number of hydrogen-bond acceptors (Lipinski definition) is 5. The molecule has 1 aromatic heterocycles. The lowest BCUT2D eigenvalue weighted by atomic mass is 10.3. The Hall–Kier alpha value is -2.87. The Morgan fingerprint density at radius 3 is 2.72 bits per heavy atom. The van der Waals surface area contributed by atoms with Crippen molar-refractivity contribution in [3.8, 4) is 0 Å². The quantitative estimate of drug-likeness (QED) is 0.846. The van der Waals surface area contributed by atoms with Crippen LogP contribution in [-0.4, -0.2) is 28.5 Å². The Balaban J connectivity index is 1.69. The second-order valence-electron chi connectivity index (χ2n) is 5.24. The highest BCUT2D eigenvalue weighted by molar-refractivity contribution is 8.18. The number of aryl methyl sites for hydroxylation is 1. The van der Waals surface area contributed by atoms with Crippen LogP contribution in [0.3, 0.4) is 0 Å². The average molecular weight is 360 g/mol. The molecule has 2 heterocycles. The predicted molar refractivity (Wildman–Crippen MR) is 91.2 cm³/mol. The minimum absolute atomic E-state index is 0.0129. The zero-order valence-electron chi connectivity index (χ0n) is 13.1. The molecule has 0 atom stereocenters. The zero-order valence-corrected chi connectivity index (χ0v) is 13.9. The normalized spacial score (nSPS) is 15.9. The highest BCUT2D eigenvalue weighted by atomic mass is 32.2. The van der Waals surface area contributed by atoms with E-state index in [4.69, 9.17) is 4.42 Å². The van der Waals surface area contributed by atoms with Crippen LogP contribution in [0.4, 0.5) is 14.9 Å². The molecule has 6 nitrogen and oxygen atoms in total. The van der Waals surface area contributed by atoms with Crippen molar-refractivity contribution in [2.24, 2.45) is 0 Å². The predicted octanol–water partition coefficient (Wildman–Crippen LogP) is 3.40. The lowest BCUT2D eigenvalue weighted by Gasteiger charge is -2.12. The van der Waals surface area contributed by atoms with Gasteiger partial charge in [-0.05, 0) is 43.0 Å². The number of thioether (sulfide) groups is 1. The van der Waals surface area contributed by atoms with Crippen LogP contribution < -0.4 is 5.32 Å². The molecule has 0 aliphatic carbocycles. The van der Waals surface area contributed by atoms with E-state index in [9.17, 15) is 18.8 Å². The van der Waals surface area contributed by atoms with Gasteiger partial charge in [0, 0.05) is 6.08 Å². The molecule has 25 heavy (non-hydrogen) atoms. The number of carbonyl (C=O) groups excluding carboxylic acids is 3. The molecule has 0 spiro atoms. The maximum Gasteiger partial charge on any atom is 0.294 e. The summed E-state index contributed by atoms with van der Waals surface area (Å²) in [6.45, 7) is 1.27. The summed E-state index contributed by atoms with van der Waals surface area (Å²) in [5.74, 6) is -0.734. The van der Waals surface area contributed by atoms with Crippen LogP contribution in [0, 0.1) is 12.7 Å². The summed E-state index contributed by atoms with van der Waals surface area (Å²) in [5.41, 5.74) is -0.0129. The topological polar surface area (TPSA) is 79.6 Å². The molecule has 1 aliphatic heterocycles. The van der Waals surface area contributed by atoms with E-state index in [0.717, 1.165) is 16.7 Å². The number of rotatable bonds is 4. The van der Waals surface area contributed by atoms with E-state index in [1.54, 1.807) is 25.1 Å². The third-order valence-corrected chi connectivity index (χ3v) is 4.27. The summed E-state index contributed by atoms with van der Waals surface area (Å²) in [5, 5.41) is 1.77. The second kappa shape index (κ2) is 6.94. The Bertz CT molecular complexity index is 890. The number of nitrogens with one attached hydrogen (secondary N) is 1. The number of hydrogen-bond donors (Lipinski definition) is 1. The van der Waals surface area contributed by atoms with Crippen LogP contribution in [-0.2, 0) is 9.59 Å². The first-order chi connectivity index (χ1) is 11.9. The first-order valence-corrected chi connectivity index (χ1v) is 8.12. The van der Waals surface area contributed by atoms with E-state index in [2.05, 4.69) is 5.32 Å². The number of halogens is 1. The summed E-state index contributed by atoms with van der Waals surface area (Å²) in [7, 11) is 0. The molecular weight excluding hydrogens is 347 g/mol. The van der Waals surface area contributed by atoms with Crippen molar-refractivity contribution < 1.29 is 23.2 Å². The van der Waals surface area contributed by atoms with E-state index in [1.807, 2.05) is 0 Å². The summed E-state index contributed by atoms with van der Waals surface area (Å²) >= 11 is 0.722. The van der Waals surface area contributed by atoms with Crippen molar-refractivity contribution in [2.45, 2.75) is 6.92 Å². The molecule has 2 aromatic rings. The molecule has 0 unspecified atom stereocenters. The van der Waals surface area contributed by atoms with Crippen LogP contribution in [0.5, 0.6) is 0 Å². The van der Waals surface area contributed by atoms with Gasteiger partial charge in [0.15, 0.2) is 0 Å². The number of anilines is 1. The lowest BCUT2D eigenvalue weighted by molar-refractivity contribution is -0.127. The minimum Gasteiger partial charge on any atom is -0.462 e. The van der Waals surface area contributed by atoms with Crippen LogP contribution in [0.2, 0.25) is 0 Å². The Labute approximate surface area is 146 Å². The molecule has 1 fully saturated rings. The second-order valence-corrected chi connectivity index (χ2v) is 6.24. The Morgan fingerprint density at radius 1 is 1.28 bits per heavy atom. The van der Waals surface area contributed by atoms with Crippen molar-refractivity contribution in [2.75, 3.05) is 11.9 Å². The van der Waals surface area contributed by atoms with Gasteiger partial charge in [0.25, 0.3) is 11.1 Å². The number of furan rings is 1. The summed E-state index contributed by atoms with van der Waals surface area (Å²) in [6, 6.07) is 9.05. The summed E-state index contributed by atoms with van der Waals surface area (Å²) in [4.78, 5) is 37.3. The zero-order chi connectivity index (χ0) is 18.0. The summed E-state index contributed by atoms with van der Waals surface area (Å²) < 4.78 is 18.9. The number of benzene rings is 1. The van der Waals surface area contributed by atoms with Gasteiger partial charge in [0.2, 0.25) is 5.91 Å². The lowest BCUT2D eigenvalue weighted by Crippen LogP contribution is -2.36. The largest absolute Gasteiger partial charge is 0.462 e. The molecule has 0 radical (unpaired) electrons. The van der Waals surface area contributed by atoms with Crippen LogP contribution in [0.1, 0.15) is 11.5 Å². The van der Waals surface area contributed by atoms with Crippen molar-refractivity contribution in [3.05, 3.63) is 58.6 Å². The van der Waals surface area contributed by atoms with Gasteiger partial charge in [-0.25, -0.2) is 4.39 Å². The van der Waals surface area contributed by atoms with Gasteiger partial charge in [-0.15, -0.1) is 0 Å². The molecule has 0 saturated carbocycles. The molecular formula is C17H13FN2O4S. The van der Waals surface area contributed by atoms with Crippen molar-refractivity contribution >= 4 is 40.6 Å². The standard InChI is InChI=1S/C17H13FN2O4S/c1-10-6-7-11(24-10)8-14-16(22)20(17(23)25-14)9-15(21)19-13-5-3-2-4-12(13)18/h2-8H,9H2,1H3,(H,19,21)/b14-8-. The molecule has 1 saturated heterocycles. The first-order valence-electron chi connectivity index (χ1n) is 7.30. The molecule has 3 amide bonds. The average Bonchev–Trinajstić information content (AvgIpc) is 3.08. The van der Waals surface area contributed by atoms with Gasteiger partial charge in [0.1, 0.15) is 23.9 Å². The summed E-state index contributed by atoms with van der Waals surface area (Å²) in [6.07, 6.45) is 1.45. The van der Waals surface area contributed by atoms with E-state index in [0.29, 0.717) is 11.5 Å². The number of carbonyl (C=O) groups is 3. The molecule has 3 rings (SSSR count). The molecule has 0 bridgehead atoms. The Morgan fingerprint density at radius 2 is 2.04 bits per heavy atom. The monoisotopic (exact) mass is 360 g/mol. The van der Waals surface area contributed by atoms with E-state index >= 15 is 0 Å². The highest BCUT2D eigenvalue weighted by Crippen LogP contribution is 2.32. The van der Waals surface area contributed by atoms with Crippen molar-refractivity contribution in [1.82, 2.24) is 4.90 Å². The Kier molecular flexibility index (Phi) is 4.71. The molecule has 1 aliphatic rings. The number of nitrogens with zero attached hydrogens (tertiary/aromatic N) is 1. The van der Waals surface area contributed by atoms with Crippen molar-refractivity contribution in [1.29, 1.82) is 0 Å². The van der Waals surface area contributed by atoms with Crippen LogP contribution in [0.15, 0.2) is 45.7 Å².